The van der Waals surface area contributed by atoms with Gasteiger partial charge in [-0.2, -0.15) is 0 Å². The molecule has 7 nitrogen and oxygen atoms in total. The second-order valence-corrected chi connectivity index (χ2v) is 7.31. The van der Waals surface area contributed by atoms with Crippen LogP contribution in [0.4, 0.5) is 5.82 Å². The number of fused-ring (bicyclic) bond motifs is 2. The molecule has 138 valence electrons. The lowest BCUT2D eigenvalue weighted by molar-refractivity contribution is 0.999. The summed E-state index contributed by atoms with van der Waals surface area (Å²) in [4.78, 5) is 24.9. The molecule has 4 aromatic heterocycles. The summed E-state index contributed by atoms with van der Waals surface area (Å²) in [6, 6.07) is 7.95. The van der Waals surface area contributed by atoms with Gasteiger partial charge in [0.1, 0.15) is 11.8 Å². The summed E-state index contributed by atoms with van der Waals surface area (Å²) in [5.74, 6) is 0.731. The van der Waals surface area contributed by atoms with Crippen LogP contribution in [0.3, 0.4) is 0 Å². The van der Waals surface area contributed by atoms with E-state index in [4.69, 9.17) is 16.6 Å². The molecule has 0 aliphatic rings. The summed E-state index contributed by atoms with van der Waals surface area (Å²) in [7, 11) is 0. The first kappa shape index (κ1) is 17.0. The smallest absolute Gasteiger partial charge is 0.182 e. The first-order valence-electron chi connectivity index (χ1n) is 8.64. The van der Waals surface area contributed by atoms with Gasteiger partial charge in [-0.3, -0.25) is 0 Å². The van der Waals surface area contributed by atoms with Crippen LogP contribution in [0.2, 0.25) is 5.02 Å². The van der Waals surface area contributed by atoms with E-state index in [0.717, 1.165) is 45.6 Å². The summed E-state index contributed by atoms with van der Waals surface area (Å²) >= 11 is 7.90. The third-order valence-corrected chi connectivity index (χ3v) is 5.35. The van der Waals surface area contributed by atoms with Crippen molar-refractivity contribution in [3.63, 3.8) is 0 Å². The van der Waals surface area contributed by atoms with Gasteiger partial charge in [-0.1, -0.05) is 23.7 Å². The number of rotatable bonds is 5. The van der Waals surface area contributed by atoms with E-state index < -0.39 is 0 Å². The SMILES string of the molecule is Clc1cccc2cc(CCNc3ncnc4nc[nH]c34)c(-c3cscn3)nc12. The van der Waals surface area contributed by atoms with Crippen LogP contribution in [-0.2, 0) is 6.42 Å². The number of nitrogens with one attached hydrogen (secondary N) is 2. The zero-order valence-corrected chi connectivity index (χ0v) is 16.1. The second-order valence-electron chi connectivity index (χ2n) is 6.18. The summed E-state index contributed by atoms with van der Waals surface area (Å²) in [6.07, 6.45) is 3.87. The highest BCUT2D eigenvalue weighted by atomic mass is 35.5. The first-order chi connectivity index (χ1) is 13.8. The largest absolute Gasteiger partial charge is 0.368 e. The number of anilines is 1. The Kier molecular flexibility index (Phi) is 4.34. The fourth-order valence-electron chi connectivity index (χ4n) is 3.16. The Bertz CT molecular complexity index is 1270. The van der Waals surface area contributed by atoms with Crippen molar-refractivity contribution >= 4 is 50.8 Å². The summed E-state index contributed by atoms with van der Waals surface area (Å²) in [5, 5.41) is 7.01. The quantitative estimate of drug-likeness (QED) is 0.450. The van der Waals surface area contributed by atoms with Gasteiger partial charge in [0.05, 0.1) is 33.8 Å². The van der Waals surface area contributed by atoms with Gasteiger partial charge in [0.15, 0.2) is 11.5 Å². The maximum absolute atomic E-state index is 6.36. The average molecular weight is 408 g/mol. The topological polar surface area (TPSA) is 92.3 Å². The van der Waals surface area contributed by atoms with Gasteiger partial charge in [0.25, 0.3) is 0 Å². The van der Waals surface area contributed by atoms with E-state index in [9.17, 15) is 0 Å². The lowest BCUT2D eigenvalue weighted by atomic mass is 10.0. The number of para-hydroxylation sites is 1. The summed E-state index contributed by atoms with van der Waals surface area (Å²) < 4.78 is 0. The maximum Gasteiger partial charge on any atom is 0.182 e. The van der Waals surface area contributed by atoms with Crippen LogP contribution in [0.1, 0.15) is 5.56 Å². The molecule has 0 radical (unpaired) electrons. The van der Waals surface area contributed by atoms with E-state index in [2.05, 4.69) is 36.3 Å². The van der Waals surface area contributed by atoms with Crippen molar-refractivity contribution in [2.24, 2.45) is 0 Å². The predicted octanol–water partition coefficient (Wildman–Crippen LogP) is 4.33. The number of hydrogen-bond acceptors (Lipinski definition) is 7. The first-order valence-corrected chi connectivity index (χ1v) is 9.96. The van der Waals surface area contributed by atoms with E-state index >= 15 is 0 Å². The van der Waals surface area contributed by atoms with Crippen molar-refractivity contribution in [1.29, 1.82) is 0 Å². The van der Waals surface area contributed by atoms with Crippen LogP contribution in [-0.4, -0.2) is 36.4 Å². The average Bonchev–Trinajstić information content (AvgIpc) is 3.40. The Labute approximate surface area is 168 Å². The van der Waals surface area contributed by atoms with Gasteiger partial charge < -0.3 is 10.3 Å². The number of halogens is 1. The molecular weight excluding hydrogens is 394 g/mol. The van der Waals surface area contributed by atoms with Gasteiger partial charge in [-0.25, -0.2) is 24.9 Å². The molecule has 1 aromatic carbocycles. The number of nitrogens with zero attached hydrogens (tertiary/aromatic N) is 5. The number of imidazole rings is 1. The lowest BCUT2D eigenvalue weighted by Gasteiger charge is -2.11. The molecule has 9 heteroatoms. The zero-order chi connectivity index (χ0) is 18.9. The molecule has 0 amide bonds. The molecule has 5 aromatic rings. The maximum atomic E-state index is 6.36. The molecule has 0 fully saturated rings. The Hall–Kier alpha value is -3.10. The minimum absolute atomic E-state index is 0.640. The number of aromatic amines is 1. The highest BCUT2D eigenvalue weighted by Crippen LogP contribution is 2.29. The van der Waals surface area contributed by atoms with Crippen LogP contribution in [0.15, 0.2) is 47.8 Å². The Morgan fingerprint density at radius 1 is 1.14 bits per heavy atom. The molecule has 0 aliphatic carbocycles. The molecule has 0 bridgehead atoms. The molecule has 0 saturated heterocycles. The van der Waals surface area contributed by atoms with Crippen molar-refractivity contribution in [1.82, 2.24) is 29.9 Å². The minimum atomic E-state index is 0.640. The number of aromatic nitrogens is 6. The number of benzene rings is 1. The molecule has 0 atom stereocenters. The van der Waals surface area contributed by atoms with E-state index in [1.54, 1.807) is 17.7 Å². The van der Waals surface area contributed by atoms with Crippen molar-refractivity contribution in [2.75, 3.05) is 11.9 Å². The van der Waals surface area contributed by atoms with Gasteiger partial charge in [-0.05, 0) is 24.1 Å². The van der Waals surface area contributed by atoms with Gasteiger partial charge in [0.2, 0.25) is 0 Å². The van der Waals surface area contributed by atoms with Crippen LogP contribution >= 0.6 is 22.9 Å². The molecule has 0 saturated carbocycles. The lowest BCUT2D eigenvalue weighted by Crippen LogP contribution is -2.08. The van der Waals surface area contributed by atoms with Crippen molar-refractivity contribution < 1.29 is 0 Å². The van der Waals surface area contributed by atoms with E-state index in [1.807, 2.05) is 29.1 Å². The molecule has 4 heterocycles. The van der Waals surface area contributed by atoms with Crippen LogP contribution in [0.25, 0.3) is 33.5 Å². The normalized spacial score (nSPS) is 11.3. The third kappa shape index (κ3) is 3.06. The Morgan fingerprint density at radius 2 is 2.11 bits per heavy atom. The molecule has 0 unspecified atom stereocenters. The number of hydrogen-bond donors (Lipinski definition) is 2. The second kappa shape index (κ2) is 7.14. The fourth-order valence-corrected chi connectivity index (χ4v) is 3.92. The van der Waals surface area contributed by atoms with Crippen LogP contribution in [0, 0.1) is 0 Å². The van der Waals surface area contributed by atoms with Gasteiger partial charge in [-0.15, -0.1) is 11.3 Å². The molecule has 0 aliphatic heterocycles. The third-order valence-electron chi connectivity index (χ3n) is 4.46. The van der Waals surface area contributed by atoms with Crippen LogP contribution < -0.4 is 5.32 Å². The monoisotopic (exact) mass is 407 g/mol. The van der Waals surface area contributed by atoms with E-state index in [-0.39, 0.29) is 0 Å². The number of H-pyrrole nitrogens is 1. The Morgan fingerprint density at radius 3 is 3.00 bits per heavy atom. The summed E-state index contributed by atoms with van der Waals surface area (Å²) in [5.41, 5.74) is 6.86. The molecular formula is C19H14ClN7S. The minimum Gasteiger partial charge on any atom is -0.368 e. The standard InChI is InChI=1S/C19H14ClN7S/c20-13-3-1-2-11-6-12(16(27-15(11)13)14-7-28-10-26-14)4-5-21-18-17-19(23-8-22-17)25-9-24-18/h1-3,6-10H,4-5H2,(H2,21,22,23,24,25). The predicted molar refractivity (Wildman–Crippen MR) is 112 cm³/mol. The number of pyridine rings is 1. The fraction of sp³-hybridized carbons (Fsp3) is 0.105. The van der Waals surface area contributed by atoms with Crippen molar-refractivity contribution in [3.05, 3.63) is 58.4 Å². The van der Waals surface area contributed by atoms with Crippen molar-refractivity contribution in [3.8, 4) is 11.4 Å². The van der Waals surface area contributed by atoms with Crippen LogP contribution in [0.5, 0.6) is 0 Å². The molecule has 2 N–H and O–H groups in total. The highest BCUT2D eigenvalue weighted by molar-refractivity contribution is 7.07. The van der Waals surface area contributed by atoms with Gasteiger partial charge >= 0.3 is 0 Å². The zero-order valence-electron chi connectivity index (χ0n) is 14.6. The van der Waals surface area contributed by atoms with Gasteiger partial charge in [0, 0.05) is 17.3 Å². The Balaban J connectivity index is 1.48. The molecule has 28 heavy (non-hydrogen) atoms. The summed E-state index contributed by atoms with van der Waals surface area (Å²) in [6.45, 7) is 0.677. The highest BCUT2D eigenvalue weighted by Gasteiger charge is 2.13. The van der Waals surface area contributed by atoms with E-state index in [0.29, 0.717) is 17.2 Å². The molecule has 5 rings (SSSR count). The van der Waals surface area contributed by atoms with E-state index in [1.165, 1.54) is 6.33 Å². The molecule has 0 spiro atoms. The number of thiazole rings is 1. The van der Waals surface area contributed by atoms with Crippen molar-refractivity contribution in [2.45, 2.75) is 6.42 Å².